The third-order valence-corrected chi connectivity index (χ3v) is 5.17. The molecule has 8 nitrogen and oxygen atoms in total. The highest BCUT2D eigenvalue weighted by Gasteiger charge is 2.42. The van der Waals surface area contributed by atoms with Crippen LogP contribution in [-0.2, 0) is 10.9 Å². The van der Waals surface area contributed by atoms with Gasteiger partial charge in [0.1, 0.15) is 0 Å². The summed E-state index contributed by atoms with van der Waals surface area (Å²) in [6.07, 6.45) is -0.314. The number of nitro groups is 2. The first-order chi connectivity index (χ1) is 12.6. The molecular formula is C16H18F3N3O5. The van der Waals surface area contributed by atoms with Crippen LogP contribution in [0.25, 0.3) is 0 Å². The van der Waals surface area contributed by atoms with Gasteiger partial charge in [-0.15, -0.1) is 0 Å². The van der Waals surface area contributed by atoms with Gasteiger partial charge in [0.15, 0.2) is 5.69 Å². The van der Waals surface area contributed by atoms with Crippen molar-refractivity contribution in [2.45, 2.75) is 56.3 Å². The molecule has 0 aromatic heterocycles. The molecule has 1 N–H and O–H groups in total. The number of hydrogen-bond acceptors (Lipinski definition) is 6. The van der Waals surface area contributed by atoms with Crippen molar-refractivity contribution in [3.8, 4) is 0 Å². The fourth-order valence-electron chi connectivity index (χ4n) is 3.93. The van der Waals surface area contributed by atoms with E-state index in [9.17, 15) is 33.4 Å². The van der Waals surface area contributed by atoms with E-state index in [0.717, 1.165) is 25.7 Å². The lowest BCUT2D eigenvalue weighted by Gasteiger charge is -2.38. The summed E-state index contributed by atoms with van der Waals surface area (Å²) in [6.45, 7) is 0.389. The lowest BCUT2D eigenvalue weighted by molar-refractivity contribution is -0.392. The molecule has 1 saturated carbocycles. The Hall–Kier alpha value is -2.43. The molecule has 148 valence electrons. The monoisotopic (exact) mass is 389 g/mol. The van der Waals surface area contributed by atoms with Crippen molar-refractivity contribution < 1.29 is 27.8 Å². The van der Waals surface area contributed by atoms with E-state index in [1.54, 1.807) is 0 Å². The van der Waals surface area contributed by atoms with Crippen molar-refractivity contribution in [3.63, 3.8) is 0 Å². The van der Waals surface area contributed by atoms with Gasteiger partial charge in [-0.25, -0.2) is 0 Å². The first kappa shape index (κ1) is 19.3. The van der Waals surface area contributed by atoms with E-state index in [-0.39, 0.29) is 11.6 Å². The Kier molecular flexibility index (Phi) is 4.98. The predicted molar refractivity (Wildman–Crippen MR) is 88.5 cm³/mol. The Morgan fingerprint density at radius 2 is 1.67 bits per heavy atom. The van der Waals surface area contributed by atoms with Crippen LogP contribution in [-0.4, -0.2) is 28.1 Å². The van der Waals surface area contributed by atoms with E-state index in [1.165, 1.54) is 0 Å². The molecule has 2 aliphatic rings. The van der Waals surface area contributed by atoms with E-state index >= 15 is 0 Å². The third kappa shape index (κ3) is 3.97. The summed E-state index contributed by atoms with van der Waals surface area (Å²) in [5.74, 6) is 0. The lowest BCUT2D eigenvalue weighted by atomic mass is 9.88. The second-order valence-electron chi connectivity index (χ2n) is 6.97. The minimum Gasteiger partial charge on any atom is -0.375 e. The van der Waals surface area contributed by atoms with Crippen LogP contribution < -0.4 is 5.32 Å². The number of nitrogens with zero attached hydrogens (tertiary/aromatic N) is 2. The van der Waals surface area contributed by atoms with Gasteiger partial charge in [0.25, 0.3) is 11.4 Å². The second kappa shape index (κ2) is 6.95. The minimum absolute atomic E-state index is 0.333. The fourth-order valence-corrected chi connectivity index (χ4v) is 3.93. The molecule has 1 spiro atoms. The zero-order valence-corrected chi connectivity index (χ0v) is 14.3. The predicted octanol–water partition coefficient (Wildman–Crippen LogP) is 4.43. The Labute approximate surface area is 152 Å². The van der Waals surface area contributed by atoms with Gasteiger partial charge in [0.05, 0.1) is 21.0 Å². The maximum atomic E-state index is 13.0. The van der Waals surface area contributed by atoms with Gasteiger partial charge in [-0.1, -0.05) is 12.8 Å². The van der Waals surface area contributed by atoms with Gasteiger partial charge >= 0.3 is 6.18 Å². The van der Waals surface area contributed by atoms with Crippen LogP contribution in [0, 0.1) is 20.2 Å². The van der Waals surface area contributed by atoms with Gasteiger partial charge in [0, 0.05) is 24.8 Å². The zero-order chi connectivity index (χ0) is 19.8. The number of anilines is 1. The standard InChI is InChI=1S/C16H18F3N3O5/c17-16(18,19)10-7-12(21(23)24)14(13(8-10)22(25)26)20-11-3-6-27-15(9-11)4-1-2-5-15/h7-8,11,20H,1-6,9H2. The van der Waals surface area contributed by atoms with Crippen molar-refractivity contribution in [3.05, 3.63) is 37.9 Å². The van der Waals surface area contributed by atoms with Gasteiger partial charge in [-0.05, 0) is 25.7 Å². The van der Waals surface area contributed by atoms with Gasteiger partial charge in [-0.2, -0.15) is 13.2 Å². The molecule has 1 saturated heterocycles. The minimum atomic E-state index is -4.93. The molecule has 1 atom stereocenters. The summed E-state index contributed by atoms with van der Waals surface area (Å²) in [4.78, 5) is 20.6. The quantitative estimate of drug-likeness (QED) is 0.603. The highest BCUT2D eigenvalue weighted by Crippen LogP contribution is 2.44. The Morgan fingerprint density at radius 3 is 2.15 bits per heavy atom. The number of hydrogen-bond donors (Lipinski definition) is 1. The maximum Gasteiger partial charge on any atom is 0.416 e. The molecule has 1 aliphatic carbocycles. The van der Waals surface area contributed by atoms with Crippen LogP contribution >= 0.6 is 0 Å². The molecule has 11 heteroatoms. The second-order valence-corrected chi connectivity index (χ2v) is 6.97. The van der Waals surface area contributed by atoms with E-state index in [2.05, 4.69) is 5.32 Å². The van der Waals surface area contributed by atoms with E-state index in [0.29, 0.717) is 31.6 Å². The van der Waals surface area contributed by atoms with Crippen LogP contribution in [0.4, 0.5) is 30.2 Å². The van der Waals surface area contributed by atoms with Crippen molar-refractivity contribution in [1.29, 1.82) is 0 Å². The average Bonchev–Trinajstić information content (AvgIpc) is 3.01. The molecule has 2 fully saturated rings. The molecule has 1 aromatic rings. The molecular weight excluding hydrogens is 371 g/mol. The van der Waals surface area contributed by atoms with Crippen LogP contribution in [0.1, 0.15) is 44.1 Å². The SMILES string of the molecule is O=[N+]([O-])c1cc(C(F)(F)F)cc([N+](=O)[O-])c1NC1CCOC2(CCCC2)C1. The first-order valence-electron chi connectivity index (χ1n) is 8.56. The summed E-state index contributed by atoms with van der Waals surface area (Å²) in [6, 6.07) is 0.311. The van der Waals surface area contributed by atoms with Gasteiger partial charge in [-0.3, -0.25) is 20.2 Å². The number of rotatable bonds is 4. The number of ether oxygens (including phenoxy) is 1. The molecule has 0 bridgehead atoms. The van der Waals surface area contributed by atoms with E-state index < -0.39 is 38.6 Å². The van der Waals surface area contributed by atoms with Crippen molar-refractivity contribution in [2.24, 2.45) is 0 Å². The Morgan fingerprint density at radius 1 is 1.11 bits per heavy atom. The summed E-state index contributed by atoms with van der Waals surface area (Å²) in [5.41, 5.74) is -4.18. The molecule has 27 heavy (non-hydrogen) atoms. The average molecular weight is 389 g/mol. The molecule has 0 radical (unpaired) electrons. The molecule has 1 heterocycles. The number of nitro benzene ring substituents is 2. The summed E-state index contributed by atoms with van der Waals surface area (Å²) < 4.78 is 44.8. The van der Waals surface area contributed by atoms with Crippen molar-refractivity contribution >= 4 is 17.1 Å². The smallest absolute Gasteiger partial charge is 0.375 e. The largest absolute Gasteiger partial charge is 0.416 e. The highest BCUT2D eigenvalue weighted by molar-refractivity contribution is 5.75. The molecule has 0 amide bonds. The molecule has 3 rings (SSSR count). The molecule has 1 aliphatic heterocycles. The van der Waals surface area contributed by atoms with Crippen LogP contribution in [0.2, 0.25) is 0 Å². The first-order valence-corrected chi connectivity index (χ1v) is 8.56. The number of halogens is 3. The van der Waals surface area contributed by atoms with Crippen molar-refractivity contribution in [1.82, 2.24) is 0 Å². The molecule has 1 aromatic carbocycles. The van der Waals surface area contributed by atoms with E-state index in [4.69, 9.17) is 4.74 Å². The fraction of sp³-hybridized carbons (Fsp3) is 0.625. The maximum absolute atomic E-state index is 13.0. The Balaban J connectivity index is 1.98. The summed E-state index contributed by atoms with van der Waals surface area (Å²) >= 11 is 0. The summed E-state index contributed by atoms with van der Waals surface area (Å²) in [5, 5.41) is 25.4. The normalized spacial score (nSPS) is 22.0. The Bertz CT molecular complexity index is 727. The lowest BCUT2D eigenvalue weighted by Crippen LogP contribution is -2.42. The van der Waals surface area contributed by atoms with Crippen LogP contribution in [0.5, 0.6) is 0 Å². The number of alkyl halides is 3. The highest BCUT2D eigenvalue weighted by atomic mass is 19.4. The number of benzene rings is 1. The zero-order valence-electron chi connectivity index (χ0n) is 14.3. The van der Waals surface area contributed by atoms with Crippen LogP contribution in [0.15, 0.2) is 12.1 Å². The van der Waals surface area contributed by atoms with Gasteiger partial charge < -0.3 is 10.1 Å². The topological polar surface area (TPSA) is 108 Å². The van der Waals surface area contributed by atoms with E-state index in [1.807, 2.05) is 0 Å². The van der Waals surface area contributed by atoms with Gasteiger partial charge in [0.2, 0.25) is 0 Å². The van der Waals surface area contributed by atoms with Crippen molar-refractivity contribution in [2.75, 3.05) is 11.9 Å². The summed E-state index contributed by atoms with van der Waals surface area (Å²) in [7, 11) is 0. The van der Waals surface area contributed by atoms with Crippen LogP contribution in [0.3, 0.4) is 0 Å². The third-order valence-electron chi connectivity index (χ3n) is 5.17. The number of nitrogens with one attached hydrogen (secondary N) is 1. The molecule has 1 unspecified atom stereocenters.